The van der Waals surface area contributed by atoms with E-state index in [1.807, 2.05) is 29.2 Å². The number of aromatic amines is 1. The van der Waals surface area contributed by atoms with Crippen molar-refractivity contribution in [1.29, 1.82) is 5.26 Å². The minimum Gasteiger partial charge on any atom is -0.396 e. The number of piperidine rings is 1. The summed E-state index contributed by atoms with van der Waals surface area (Å²) >= 11 is 0. The number of aromatic nitrogens is 1. The van der Waals surface area contributed by atoms with E-state index in [0.29, 0.717) is 50.3 Å². The molecule has 1 atom stereocenters. The van der Waals surface area contributed by atoms with Crippen molar-refractivity contribution < 1.29 is 23.1 Å². The molecule has 35 heavy (non-hydrogen) atoms. The normalized spacial score (nSPS) is 19.9. The van der Waals surface area contributed by atoms with E-state index in [-0.39, 0.29) is 23.8 Å². The lowest BCUT2D eigenvalue weighted by Crippen LogP contribution is -2.45. The topological polar surface area (TPSA) is 83.4 Å². The number of hydrogen-bond donors (Lipinski definition) is 2. The number of carbonyl (C=O) groups is 1. The molecule has 9 heteroatoms. The Morgan fingerprint density at radius 3 is 2.63 bits per heavy atom. The minimum atomic E-state index is -4.60. The first kappa shape index (κ1) is 23.2. The molecule has 5 rings (SSSR count). The summed E-state index contributed by atoms with van der Waals surface area (Å²) in [6, 6.07) is 13.0. The first-order valence-electron chi connectivity index (χ1n) is 11.6. The van der Waals surface area contributed by atoms with Gasteiger partial charge in [0.15, 0.2) is 0 Å². The van der Waals surface area contributed by atoms with Crippen molar-refractivity contribution in [2.75, 3.05) is 37.7 Å². The fraction of sp³-hybridized carbons (Fsp3) is 0.385. The minimum absolute atomic E-state index is 0.0489. The molecule has 6 nitrogen and oxygen atoms in total. The second kappa shape index (κ2) is 8.61. The fourth-order valence-electron chi connectivity index (χ4n) is 5.70. The summed E-state index contributed by atoms with van der Waals surface area (Å²) in [7, 11) is 0. The summed E-state index contributed by atoms with van der Waals surface area (Å²) < 4.78 is 40.2. The second-order valence-electron chi connectivity index (χ2n) is 9.50. The van der Waals surface area contributed by atoms with Crippen LogP contribution in [0.25, 0.3) is 10.9 Å². The van der Waals surface area contributed by atoms with Gasteiger partial charge in [0, 0.05) is 61.5 Å². The number of alkyl halides is 3. The van der Waals surface area contributed by atoms with E-state index in [0.717, 1.165) is 17.0 Å². The quantitative estimate of drug-likeness (QED) is 0.579. The van der Waals surface area contributed by atoms with E-state index in [1.165, 1.54) is 6.07 Å². The van der Waals surface area contributed by atoms with Crippen molar-refractivity contribution in [2.24, 2.45) is 11.3 Å². The number of para-hydroxylation sites is 1. The summed E-state index contributed by atoms with van der Waals surface area (Å²) in [5.41, 5.74) is 0.310. The number of fused-ring (bicyclic) bond motifs is 1. The van der Waals surface area contributed by atoms with Gasteiger partial charge in [-0.2, -0.15) is 18.4 Å². The van der Waals surface area contributed by atoms with Crippen LogP contribution in [-0.2, 0) is 6.18 Å². The molecule has 1 aromatic heterocycles. The first-order chi connectivity index (χ1) is 16.8. The molecule has 3 aromatic rings. The van der Waals surface area contributed by atoms with Gasteiger partial charge in [-0.3, -0.25) is 4.79 Å². The zero-order valence-corrected chi connectivity index (χ0v) is 19.0. The summed E-state index contributed by atoms with van der Waals surface area (Å²) in [4.78, 5) is 20.2. The lowest BCUT2D eigenvalue weighted by atomic mass is 9.71. The Bertz CT molecular complexity index is 1300. The predicted molar refractivity (Wildman–Crippen MR) is 125 cm³/mol. The molecule has 0 saturated carbocycles. The molecule has 1 spiro atoms. The highest BCUT2D eigenvalue weighted by molar-refractivity contribution is 6.06. The Labute approximate surface area is 200 Å². The van der Waals surface area contributed by atoms with Crippen LogP contribution in [0.3, 0.4) is 0 Å². The molecule has 0 aliphatic carbocycles. The maximum atomic E-state index is 13.4. The van der Waals surface area contributed by atoms with Crippen LogP contribution in [0.1, 0.15) is 34.3 Å². The van der Waals surface area contributed by atoms with Crippen molar-refractivity contribution in [3.8, 4) is 6.07 Å². The van der Waals surface area contributed by atoms with Crippen LogP contribution in [0.5, 0.6) is 0 Å². The van der Waals surface area contributed by atoms with Crippen LogP contribution in [0.15, 0.2) is 48.7 Å². The summed E-state index contributed by atoms with van der Waals surface area (Å²) in [5.74, 6) is -0.173. The van der Waals surface area contributed by atoms with Crippen molar-refractivity contribution in [3.05, 3.63) is 65.4 Å². The van der Waals surface area contributed by atoms with Crippen LogP contribution in [0.4, 0.5) is 18.9 Å². The number of nitrogens with zero attached hydrogens (tertiary/aromatic N) is 3. The number of benzene rings is 2. The molecule has 1 amide bonds. The van der Waals surface area contributed by atoms with Crippen molar-refractivity contribution in [3.63, 3.8) is 0 Å². The van der Waals surface area contributed by atoms with Gasteiger partial charge < -0.3 is 19.9 Å². The molecule has 2 aliphatic rings. The van der Waals surface area contributed by atoms with E-state index >= 15 is 0 Å². The van der Waals surface area contributed by atoms with E-state index in [9.17, 15) is 23.1 Å². The molecule has 0 radical (unpaired) electrons. The number of amides is 1. The van der Waals surface area contributed by atoms with Crippen LogP contribution >= 0.6 is 0 Å². The zero-order valence-electron chi connectivity index (χ0n) is 19.0. The molecule has 2 aromatic carbocycles. The summed E-state index contributed by atoms with van der Waals surface area (Å²) in [6.45, 7) is 1.92. The largest absolute Gasteiger partial charge is 0.417 e. The summed E-state index contributed by atoms with van der Waals surface area (Å²) in [5, 5.41) is 20.0. The maximum Gasteiger partial charge on any atom is 0.417 e. The fourth-order valence-corrected chi connectivity index (χ4v) is 5.70. The van der Waals surface area contributed by atoms with Crippen molar-refractivity contribution in [1.82, 2.24) is 9.88 Å². The highest BCUT2D eigenvalue weighted by Gasteiger charge is 2.49. The van der Waals surface area contributed by atoms with E-state index in [1.54, 1.807) is 23.2 Å². The monoisotopic (exact) mass is 482 g/mol. The highest BCUT2D eigenvalue weighted by atomic mass is 19.4. The van der Waals surface area contributed by atoms with Gasteiger partial charge in [0.2, 0.25) is 0 Å². The number of carbonyl (C=O) groups excluding carboxylic acids is 1. The lowest BCUT2D eigenvalue weighted by Gasteiger charge is -2.43. The Kier molecular flexibility index (Phi) is 5.72. The molecular weight excluding hydrogens is 457 g/mol. The van der Waals surface area contributed by atoms with Crippen molar-refractivity contribution >= 4 is 22.5 Å². The second-order valence-corrected chi connectivity index (χ2v) is 9.50. The number of nitriles is 1. The van der Waals surface area contributed by atoms with Gasteiger partial charge in [-0.15, -0.1) is 0 Å². The number of halogens is 3. The smallest absolute Gasteiger partial charge is 0.396 e. The number of hydrogen-bond acceptors (Lipinski definition) is 4. The average Bonchev–Trinajstić information content (AvgIpc) is 3.45. The van der Waals surface area contributed by atoms with Crippen LogP contribution in [0, 0.1) is 22.7 Å². The molecular formula is C26H25F3N4O2. The zero-order chi connectivity index (χ0) is 24.8. The van der Waals surface area contributed by atoms with E-state index in [2.05, 4.69) is 4.98 Å². The molecule has 2 aliphatic heterocycles. The molecule has 3 heterocycles. The Morgan fingerprint density at radius 1 is 1.20 bits per heavy atom. The standard InChI is InChI=1S/C26H25F3N4O2/c27-26(28,29)22-11-19(6-5-17(22)12-30)32-9-7-25(8-10-32)16-33(14-18(25)15-34)24(35)21-13-31-23-4-2-1-3-20(21)23/h1-6,11,13,18,31,34H,7-10,14-16H2. The SMILES string of the molecule is N#Cc1ccc(N2CCC3(CC2)CN(C(=O)c2c[nH]c4ccccc24)CC3CO)cc1C(F)(F)F. The van der Waals surface area contributed by atoms with Gasteiger partial charge in [-0.25, -0.2) is 0 Å². The van der Waals surface area contributed by atoms with E-state index < -0.39 is 17.3 Å². The third-order valence-corrected chi connectivity index (χ3v) is 7.69. The number of aliphatic hydroxyl groups excluding tert-OH is 1. The van der Waals surface area contributed by atoms with Crippen LogP contribution < -0.4 is 4.90 Å². The molecule has 2 fully saturated rings. The Morgan fingerprint density at radius 2 is 1.94 bits per heavy atom. The highest BCUT2D eigenvalue weighted by Crippen LogP contribution is 2.46. The number of aliphatic hydroxyl groups is 1. The van der Waals surface area contributed by atoms with Gasteiger partial charge in [0.05, 0.1) is 22.8 Å². The molecule has 2 saturated heterocycles. The predicted octanol–water partition coefficient (Wildman–Crippen LogP) is 4.41. The molecule has 182 valence electrons. The number of nitrogens with one attached hydrogen (secondary N) is 1. The number of H-pyrrole nitrogens is 1. The van der Waals surface area contributed by atoms with E-state index in [4.69, 9.17) is 5.26 Å². The Hall–Kier alpha value is -3.51. The van der Waals surface area contributed by atoms with Crippen molar-refractivity contribution in [2.45, 2.75) is 19.0 Å². The van der Waals surface area contributed by atoms with Gasteiger partial charge in [0.25, 0.3) is 5.91 Å². The molecule has 1 unspecified atom stereocenters. The third-order valence-electron chi connectivity index (χ3n) is 7.69. The van der Waals surface area contributed by atoms with Crippen LogP contribution in [-0.4, -0.2) is 53.7 Å². The van der Waals surface area contributed by atoms with Gasteiger partial charge >= 0.3 is 6.18 Å². The third kappa shape index (κ3) is 4.02. The number of likely N-dealkylation sites (tertiary alicyclic amines) is 1. The number of rotatable bonds is 3. The maximum absolute atomic E-state index is 13.4. The van der Waals surface area contributed by atoms with Gasteiger partial charge in [-0.05, 0) is 42.5 Å². The van der Waals surface area contributed by atoms with Gasteiger partial charge in [-0.1, -0.05) is 18.2 Å². The van der Waals surface area contributed by atoms with Gasteiger partial charge in [0.1, 0.15) is 0 Å². The lowest BCUT2D eigenvalue weighted by molar-refractivity contribution is -0.137. The molecule has 2 N–H and O–H groups in total. The summed E-state index contributed by atoms with van der Waals surface area (Å²) in [6.07, 6.45) is -1.58. The molecule has 0 bridgehead atoms. The average molecular weight is 483 g/mol. The number of anilines is 1. The Balaban J connectivity index is 1.34. The first-order valence-corrected chi connectivity index (χ1v) is 11.6. The van der Waals surface area contributed by atoms with Crippen LogP contribution in [0.2, 0.25) is 0 Å².